The molecule has 9 heteroatoms. The molecule has 0 fully saturated rings. The number of carbonyl (C=O) groups excluding carboxylic acids is 1. The van der Waals surface area contributed by atoms with E-state index < -0.39 is 11.4 Å². The van der Waals surface area contributed by atoms with Crippen molar-refractivity contribution >= 4 is 23.4 Å². The summed E-state index contributed by atoms with van der Waals surface area (Å²) in [7, 11) is 0. The van der Waals surface area contributed by atoms with Crippen LogP contribution in [0.3, 0.4) is 0 Å². The van der Waals surface area contributed by atoms with Crippen molar-refractivity contribution in [3.63, 3.8) is 0 Å². The van der Waals surface area contributed by atoms with Crippen LogP contribution in [0.1, 0.15) is 24.5 Å². The van der Waals surface area contributed by atoms with Crippen molar-refractivity contribution in [2.45, 2.75) is 30.4 Å². The molecule has 0 bridgehead atoms. The van der Waals surface area contributed by atoms with Gasteiger partial charge in [-0.05, 0) is 43.7 Å². The number of hydrogen-bond acceptors (Lipinski definition) is 7. The van der Waals surface area contributed by atoms with E-state index in [-0.39, 0.29) is 29.4 Å². The Morgan fingerprint density at radius 2 is 2.03 bits per heavy atom. The zero-order valence-corrected chi connectivity index (χ0v) is 16.5. The third-order valence-corrected chi connectivity index (χ3v) is 5.23. The van der Waals surface area contributed by atoms with E-state index >= 15 is 0 Å². The number of thioether (sulfide) groups is 1. The van der Waals surface area contributed by atoms with Crippen LogP contribution in [0.5, 0.6) is 11.5 Å². The summed E-state index contributed by atoms with van der Waals surface area (Å²) in [5.74, 6) is 0.866. The van der Waals surface area contributed by atoms with Crippen LogP contribution in [0.25, 0.3) is 0 Å². The summed E-state index contributed by atoms with van der Waals surface area (Å²) < 4.78 is 30.8. The van der Waals surface area contributed by atoms with Crippen molar-refractivity contribution in [1.82, 2.24) is 10.2 Å². The Labute approximate surface area is 170 Å². The van der Waals surface area contributed by atoms with E-state index in [0.29, 0.717) is 22.7 Å². The van der Waals surface area contributed by atoms with Gasteiger partial charge in [-0.25, -0.2) is 4.39 Å². The summed E-state index contributed by atoms with van der Waals surface area (Å²) in [5, 5.41) is 10.4. The van der Waals surface area contributed by atoms with Crippen molar-refractivity contribution < 1.29 is 23.1 Å². The van der Waals surface area contributed by atoms with Crippen LogP contribution in [0.2, 0.25) is 0 Å². The molecular weight excluding hydrogens is 397 g/mol. The van der Waals surface area contributed by atoms with Crippen LogP contribution in [0.4, 0.5) is 10.1 Å². The predicted octanol–water partition coefficient (Wildman–Crippen LogP) is 4.15. The highest BCUT2D eigenvalue weighted by atomic mass is 32.2. The minimum atomic E-state index is -0.531. The average Bonchev–Trinajstić information content (AvgIpc) is 3.19. The molecule has 150 valence electrons. The number of nitrogens with zero attached hydrogens (tertiary/aromatic N) is 2. The Kier molecular flexibility index (Phi) is 5.39. The quantitative estimate of drug-likeness (QED) is 0.627. The second kappa shape index (κ2) is 8.12. The van der Waals surface area contributed by atoms with Gasteiger partial charge in [0, 0.05) is 5.69 Å². The standard InChI is InChI=1S/C20H18FN3O4S/c1-11-7-8-13(9-14(11)21)22-18(25)12(2)29-20-24-23-19(28-20)17-10-26-15-5-3-4-6-16(15)27-17/h3-9,12,17H,10H2,1-2H3,(H,22,25)/t12-,17+/m1/s1. The molecule has 1 amide bonds. The summed E-state index contributed by atoms with van der Waals surface area (Å²) in [5.41, 5.74) is 0.906. The summed E-state index contributed by atoms with van der Waals surface area (Å²) in [6.07, 6.45) is -0.522. The highest BCUT2D eigenvalue weighted by molar-refractivity contribution is 8.00. The van der Waals surface area contributed by atoms with Crippen molar-refractivity contribution in [1.29, 1.82) is 0 Å². The van der Waals surface area contributed by atoms with E-state index in [1.807, 2.05) is 18.2 Å². The van der Waals surface area contributed by atoms with Gasteiger partial charge < -0.3 is 19.2 Å². The molecule has 1 aliphatic heterocycles. The van der Waals surface area contributed by atoms with Crippen LogP contribution < -0.4 is 14.8 Å². The first-order valence-corrected chi connectivity index (χ1v) is 9.83. The molecule has 2 heterocycles. The van der Waals surface area contributed by atoms with Gasteiger partial charge in [-0.15, -0.1) is 10.2 Å². The van der Waals surface area contributed by atoms with Crippen molar-refractivity contribution in [3.8, 4) is 11.5 Å². The molecule has 0 unspecified atom stereocenters. The SMILES string of the molecule is Cc1ccc(NC(=O)[C@@H](C)Sc2nnc([C@@H]3COc4ccccc4O3)o2)cc1F. The van der Waals surface area contributed by atoms with Gasteiger partial charge in [-0.1, -0.05) is 30.0 Å². The van der Waals surface area contributed by atoms with Crippen LogP contribution in [0, 0.1) is 12.7 Å². The molecule has 3 aromatic rings. The lowest BCUT2D eigenvalue weighted by Gasteiger charge is -2.23. The monoisotopic (exact) mass is 415 g/mol. The number of carbonyl (C=O) groups is 1. The lowest BCUT2D eigenvalue weighted by molar-refractivity contribution is -0.115. The van der Waals surface area contributed by atoms with Gasteiger partial charge in [-0.2, -0.15) is 0 Å². The fraction of sp³-hybridized carbons (Fsp3) is 0.250. The van der Waals surface area contributed by atoms with Gasteiger partial charge in [0.2, 0.25) is 12.0 Å². The third kappa shape index (κ3) is 4.34. The minimum absolute atomic E-state index is 0.236. The molecule has 0 radical (unpaired) electrons. The summed E-state index contributed by atoms with van der Waals surface area (Å²) in [6, 6.07) is 11.9. The molecule has 1 aromatic heterocycles. The van der Waals surface area contributed by atoms with Gasteiger partial charge in [0.05, 0.1) is 5.25 Å². The van der Waals surface area contributed by atoms with Crippen molar-refractivity contribution in [2.24, 2.45) is 0 Å². The molecule has 29 heavy (non-hydrogen) atoms. The number of rotatable bonds is 5. The van der Waals surface area contributed by atoms with E-state index in [0.717, 1.165) is 11.8 Å². The Balaban J connectivity index is 1.37. The fourth-order valence-corrected chi connectivity index (χ4v) is 3.35. The summed E-state index contributed by atoms with van der Waals surface area (Å²) in [6.45, 7) is 3.61. The number of benzene rings is 2. The Hall–Kier alpha value is -3.07. The highest BCUT2D eigenvalue weighted by Crippen LogP contribution is 2.36. The largest absolute Gasteiger partial charge is 0.485 e. The lowest BCUT2D eigenvalue weighted by atomic mass is 10.2. The summed E-state index contributed by atoms with van der Waals surface area (Å²) >= 11 is 1.11. The maximum Gasteiger partial charge on any atom is 0.277 e. The van der Waals surface area contributed by atoms with Gasteiger partial charge in [0.25, 0.3) is 11.1 Å². The smallest absolute Gasteiger partial charge is 0.277 e. The minimum Gasteiger partial charge on any atom is -0.485 e. The van der Waals surface area contributed by atoms with Gasteiger partial charge >= 0.3 is 0 Å². The van der Waals surface area contributed by atoms with Crippen LogP contribution in [-0.2, 0) is 4.79 Å². The number of amides is 1. The summed E-state index contributed by atoms with van der Waals surface area (Å²) in [4.78, 5) is 12.4. The number of hydrogen-bond donors (Lipinski definition) is 1. The molecule has 0 spiro atoms. The normalized spacial score (nSPS) is 16.3. The predicted molar refractivity (Wildman–Crippen MR) is 105 cm³/mol. The number of halogens is 1. The maximum absolute atomic E-state index is 13.6. The lowest BCUT2D eigenvalue weighted by Crippen LogP contribution is -2.22. The van der Waals surface area contributed by atoms with E-state index in [2.05, 4.69) is 15.5 Å². The third-order valence-electron chi connectivity index (χ3n) is 4.29. The Morgan fingerprint density at radius 3 is 2.83 bits per heavy atom. The first-order chi connectivity index (χ1) is 14.0. The number of ether oxygens (including phenoxy) is 2. The van der Waals surface area contributed by atoms with Crippen LogP contribution >= 0.6 is 11.8 Å². The molecule has 0 saturated carbocycles. The molecule has 2 aromatic carbocycles. The Morgan fingerprint density at radius 1 is 1.24 bits per heavy atom. The first-order valence-electron chi connectivity index (χ1n) is 8.95. The number of fused-ring (bicyclic) bond motifs is 1. The Bertz CT molecular complexity index is 1040. The molecule has 4 rings (SSSR count). The molecular formula is C20H18FN3O4S. The highest BCUT2D eigenvalue weighted by Gasteiger charge is 2.28. The second-order valence-corrected chi connectivity index (χ2v) is 7.78. The number of aryl methyl sites for hydroxylation is 1. The molecule has 1 aliphatic rings. The van der Waals surface area contributed by atoms with E-state index in [1.54, 1.807) is 32.0 Å². The van der Waals surface area contributed by atoms with Crippen molar-refractivity contribution in [2.75, 3.05) is 11.9 Å². The number of para-hydroxylation sites is 2. The van der Waals surface area contributed by atoms with E-state index in [1.165, 1.54) is 6.07 Å². The molecule has 7 nitrogen and oxygen atoms in total. The molecule has 0 saturated heterocycles. The first kappa shape index (κ1) is 19.3. The molecule has 0 aliphatic carbocycles. The number of aromatic nitrogens is 2. The zero-order chi connectivity index (χ0) is 20.4. The van der Waals surface area contributed by atoms with Crippen LogP contribution in [-0.4, -0.2) is 28.0 Å². The molecule has 1 N–H and O–H groups in total. The van der Waals surface area contributed by atoms with Crippen LogP contribution in [0.15, 0.2) is 52.1 Å². The second-order valence-electron chi connectivity index (χ2n) is 6.48. The maximum atomic E-state index is 13.6. The van der Waals surface area contributed by atoms with Gasteiger partial charge in [0.1, 0.15) is 12.4 Å². The van der Waals surface area contributed by atoms with Crippen molar-refractivity contribution in [3.05, 3.63) is 59.7 Å². The topological polar surface area (TPSA) is 86.5 Å². The van der Waals surface area contributed by atoms with E-state index in [4.69, 9.17) is 13.9 Å². The number of anilines is 1. The van der Waals surface area contributed by atoms with E-state index in [9.17, 15) is 9.18 Å². The molecule has 2 atom stereocenters. The number of nitrogens with one attached hydrogen (secondary N) is 1. The average molecular weight is 415 g/mol. The fourth-order valence-electron chi connectivity index (χ4n) is 2.66. The van der Waals surface area contributed by atoms with Gasteiger partial charge in [-0.3, -0.25) is 4.79 Å². The van der Waals surface area contributed by atoms with Gasteiger partial charge in [0.15, 0.2) is 11.5 Å². The zero-order valence-electron chi connectivity index (χ0n) is 15.7.